The molecule has 0 saturated heterocycles. The Balaban J connectivity index is 2.16. The first kappa shape index (κ1) is 17.1. The van der Waals surface area contributed by atoms with Crippen molar-refractivity contribution in [2.75, 3.05) is 20.2 Å². The van der Waals surface area contributed by atoms with Crippen LogP contribution in [0.25, 0.3) is 0 Å². The van der Waals surface area contributed by atoms with Crippen molar-refractivity contribution in [1.82, 2.24) is 4.90 Å². The molecule has 1 saturated carbocycles. The van der Waals surface area contributed by atoms with Gasteiger partial charge in [-0.3, -0.25) is 9.59 Å². The molecule has 0 spiro atoms. The van der Waals surface area contributed by atoms with Gasteiger partial charge in [0.05, 0.1) is 13.2 Å². The van der Waals surface area contributed by atoms with Crippen LogP contribution in [0.3, 0.4) is 0 Å². The van der Waals surface area contributed by atoms with Crippen molar-refractivity contribution in [3.05, 3.63) is 23.8 Å². The predicted molar refractivity (Wildman–Crippen MR) is 85.1 cm³/mol. The maximum Gasteiger partial charge on any atom is 0.323 e. The molecule has 1 aromatic rings. The first-order valence-corrected chi connectivity index (χ1v) is 7.91. The Morgan fingerprint density at radius 2 is 1.96 bits per heavy atom. The van der Waals surface area contributed by atoms with E-state index in [4.69, 9.17) is 14.6 Å². The average Bonchev–Trinajstić information content (AvgIpc) is 3.05. The summed E-state index contributed by atoms with van der Waals surface area (Å²) in [6.07, 6.45) is 4.61. The van der Waals surface area contributed by atoms with Crippen molar-refractivity contribution in [2.45, 2.75) is 38.7 Å². The quantitative estimate of drug-likeness (QED) is 0.835. The van der Waals surface area contributed by atoms with Gasteiger partial charge in [0, 0.05) is 12.1 Å². The van der Waals surface area contributed by atoms with E-state index in [0.717, 1.165) is 12.8 Å². The van der Waals surface area contributed by atoms with Crippen molar-refractivity contribution in [3.8, 4) is 11.5 Å². The van der Waals surface area contributed by atoms with Crippen LogP contribution in [0.2, 0.25) is 0 Å². The van der Waals surface area contributed by atoms with E-state index in [2.05, 4.69) is 0 Å². The van der Waals surface area contributed by atoms with Crippen LogP contribution in [-0.2, 0) is 4.79 Å². The molecule has 1 N–H and O–H groups in total. The molecular weight excluding hydrogens is 298 g/mol. The number of rotatable bonds is 7. The van der Waals surface area contributed by atoms with Crippen molar-refractivity contribution in [2.24, 2.45) is 0 Å². The van der Waals surface area contributed by atoms with Crippen molar-refractivity contribution < 1.29 is 24.2 Å². The Bertz CT molecular complexity index is 566. The number of amides is 1. The van der Waals surface area contributed by atoms with E-state index in [-0.39, 0.29) is 18.6 Å². The fourth-order valence-electron chi connectivity index (χ4n) is 2.76. The lowest BCUT2D eigenvalue weighted by atomic mass is 10.1. The monoisotopic (exact) mass is 321 g/mol. The molecule has 6 nitrogen and oxygen atoms in total. The number of benzene rings is 1. The van der Waals surface area contributed by atoms with Gasteiger partial charge in [-0.1, -0.05) is 0 Å². The molecule has 1 fully saturated rings. The topological polar surface area (TPSA) is 76.1 Å². The summed E-state index contributed by atoms with van der Waals surface area (Å²) in [5, 5.41) is 8.88. The van der Waals surface area contributed by atoms with E-state index in [0.29, 0.717) is 23.6 Å². The molecule has 0 radical (unpaired) electrons. The van der Waals surface area contributed by atoms with Crippen LogP contribution in [0.5, 0.6) is 11.5 Å². The molecule has 0 bridgehead atoms. The summed E-state index contributed by atoms with van der Waals surface area (Å²) in [5.41, 5.74) is 0.392. The lowest BCUT2D eigenvalue weighted by Gasteiger charge is -2.20. The van der Waals surface area contributed by atoms with E-state index in [9.17, 15) is 9.59 Å². The number of nitrogens with zero attached hydrogens (tertiary/aromatic N) is 1. The van der Waals surface area contributed by atoms with Crippen LogP contribution in [0.15, 0.2) is 18.2 Å². The minimum Gasteiger partial charge on any atom is -0.493 e. The van der Waals surface area contributed by atoms with Crippen LogP contribution in [0.4, 0.5) is 0 Å². The molecule has 0 aliphatic heterocycles. The van der Waals surface area contributed by atoms with Crippen LogP contribution >= 0.6 is 0 Å². The van der Waals surface area contributed by atoms with Gasteiger partial charge in [-0.2, -0.15) is 0 Å². The zero-order valence-corrected chi connectivity index (χ0v) is 13.6. The number of likely N-dealkylation sites (N-methyl/N-ethyl adjacent to an activating group) is 1. The molecule has 126 valence electrons. The molecule has 1 aliphatic rings. The molecule has 1 amide bonds. The molecule has 0 atom stereocenters. The summed E-state index contributed by atoms with van der Waals surface area (Å²) < 4.78 is 11.3. The normalized spacial score (nSPS) is 14.5. The first-order chi connectivity index (χ1) is 11.0. The number of carboxylic acids is 1. The molecular formula is C17H23NO5. The third kappa shape index (κ3) is 4.37. The number of methoxy groups -OCH3 is 1. The maximum atomic E-state index is 12.4. The van der Waals surface area contributed by atoms with E-state index < -0.39 is 5.97 Å². The molecule has 0 unspecified atom stereocenters. The highest BCUT2D eigenvalue weighted by Gasteiger charge is 2.21. The highest BCUT2D eigenvalue weighted by molar-refractivity contribution is 5.96. The fourth-order valence-corrected chi connectivity index (χ4v) is 2.76. The number of aliphatic carboxylic acids is 1. The number of hydrogen-bond donors (Lipinski definition) is 1. The average molecular weight is 321 g/mol. The number of carbonyl (C=O) groups is 2. The van der Waals surface area contributed by atoms with E-state index in [1.807, 2.05) is 0 Å². The summed E-state index contributed by atoms with van der Waals surface area (Å²) >= 11 is 0. The van der Waals surface area contributed by atoms with Crippen LogP contribution in [0.1, 0.15) is 43.0 Å². The third-order valence-corrected chi connectivity index (χ3v) is 4.00. The lowest BCUT2D eigenvalue weighted by molar-refractivity contribution is -0.137. The van der Waals surface area contributed by atoms with Crippen molar-refractivity contribution in [3.63, 3.8) is 0 Å². The van der Waals surface area contributed by atoms with Gasteiger partial charge in [0.25, 0.3) is 5.91 Å². The molecule has 0 heterocycles. The van der Waals surface area contributed by atoms with Crippen molar-refractivity contribution in [1.29, 1.82) is 0 Å². The largest absolute Gasteiger partial charge is 0.493 e. The SMILES string of the molecule is CCN(CC(=O)O)C(=O)c1ccc(OC2CCCC2)c(OC)c1. The molecule has 2 rings (SSSR count). The van der Waals surface area contributed by atoms with Gasteiger partial charge in [0.1, 0.15) is 6.54 Å². The van der Waals surface area contributed by atoms with Gasteiger partial charge in [0.15, 0.2) is 11.5 Å². The number of carboxylic acid groups (broad SMARTS) is 1. The third-order valence-electron chi connectivity index (χ3n) is 4.00. The second-order valence-electron chi connectivity index (χ2n) is 5.60. The second kappa shape index (κ2) is 7.85. The zero-order chi connectivity index (χ0) is 16.8. The summed E-state index contributed by atoms with van der Waals surface area (Å²) in [6.45, 7) is 1.75. The molecule has 1 aliphatic carbocycles. The van der Waals surface area contributed by atoms with E-state index in [1.165, 1.54) is 24.9 Å². The summed E-state index contributed by atoms with van der Waals surface area (Å²) in [4.78, 5) is 24.5. The van der Waals surface area contributed by atoms with Gasteiger partial charge in [0.2, 0.25) is 0 Å². The summed E-state index contributed by atoms with van der Waals surface area (Å²) in [6, 6.07) is 4.98. The Hall–Kier alpha value is -2.24. The Morgan fingerprint density at radius 3 is 2.52 bits per heavy atom. The molecule has 1 aromatic carbocycles. The zero-order valence-electron chi connectivity index (χ0n) is 13.6. The van der Waals surface area contributed by atoms with Crippen LogP contribution in [-0.4, -0.2) is 48.2 Å². The summed E-state index contributed by atoms with van der Waals surface area (Å²) in [5.74, 6) is -0.250. The number of hydrogen-bond acceptors (Lipinski definition) is 4. The minimum atomic E-state index is -1.03. The maximum absolute atomic E-state index is 12.4. The van der Waals surface area contributed by atoms with Crippen LogP contribution < -0.4 is 9.47 Å². The highest BCUT2D eigenvalue weighted by Crippen LogP contribution is 2.32. The Kier molecular flexibility index (Phi) is 5.84. The fraction of sp³-hybridized carbons (Fsp3) is 0.529. The van der Waals surface area contributed by atoms with E-state index in [1.54, 1.807) is 25.1 Å². The van der Waals surface area contributed by atoms with Gasteiger partial charge >= 0.3 is 5.97 Å². The minimum absolute atomic E-state index is 0.199. The van der Waals surface area contributed by atoms with Crippen LogP contribution in [0, 0.1) is 0 Å². The molecule has 0 aromatic heterocycles. The smallest absolute Gasteiger partial charge is 0.323 e. The van der Waals surface area contributed by atoms with Gasteiger partial charge in [-0.05, 0) is 50.8 Å². The van der Waals surface area contributed by atoms with Gasteiger partial charge in [-0.15, -0.1) is 0 Å². The highest BCUT2D eigenvalue weighted by atomic mass is 16.5. The first-order valence-electron chi connectivity index (χ1n) is 7.91. The lowest BCUT2D eigenvalue weighted by Crippen LogP contribution is -2.35. The van der Waals surface area contributed by atoms with Crippen molar-refractivity contribution >= 4 is 11.9 Å². The molecule has 6 heteroatoms. The Morgan fingerprint density at radius 1 is 1.26 bits per heavy atom. The Labute approximate surface area is 136 Å². The molecule has 23 heavy (non-hydrogen) atoms. The van der Waals surface area contributed by atoms with Gasteiger partial charge in [-0.25, -0.2) is 0 Å². The number of carbonyl (C=O) groups excluding carboxylic acids is 1. The van der Waals surface area contributed by atoms with Gasteiger partial charge < -0.3 is 19.5 Å². The standard InChI is InChI=1S/C17H23NO5/c1-3-18(11-16(19)20)17(21)12-8-9-14(15(10-12)22-2)23-13-6-4-5-7-13/h8-10,13H,3-7,11H2,1-2H3,(H,19,20). The summed E-state index contributed by atoms with van der Waals surface area (Å²) in [7, 11) is 1.53. The van der Waals surface area contributed by atoms with E-state index >= 15 is 0 Å². The number of ether oxygens (including phenoxy) is 2. The second-order valence-corrected chi connectivity index (χ2v) is 5.60. The predicted octanol–water partition coefficient (Wildman–Crippen LogP) is 2.56.